The number of nitrogens with one attached hydrogen (secondary N) is 1. The molecule has 0 atom stereocenters. The first-order valence-electron chi connectivity index (χ1n) is 7.27. The Hall–Kier alpha value is -3.07. The summed E-state index contributed by atoms with van der Waals surface area (Å²) in [6.45, 7) is 0. The lowest BCUT2D eigenvalue weighted by Crippen LogP contribution is -2.03. The van der Waals surface area contributed by atoms with Crippen LogP contribution in [0.2, 0.25) is 0 Å². The number of phenols is 2. The molecule has 1 heterocycles. The van der Waals surface area contributed by atoms with Gasteiger partial charge in [-0.3, -0.25) is 5.43 Å². The fourth-order valence-corrected chi connectivity index (χ4v) is 2.74. The van der Waals surface area contributed by atoms with Crippen LogP contribution in [0, 0.1) is 0 Å². The fourth-order valence-electron chi connectivity index (χ4n) is 2.07. The zero-order valence-electron chi connectivity index (χ0n) is 13.0. The number of nitrogens with zero attached hydrogens (tertiary/aromatic N) is 2. The van der Waals surface area contributed by atoms with Crippen molar-refractivity contribution in [2.45, 2.75) is 6.18 Å². The third-order valence-corrected chi connectivity index (χ3v) is 4.13. The van der Waals surface area contributed by atoms with Gasteiger partial charge in [0.1, 0.15) is 0 Å². The van der Waals surface area contributed by atoms with Crippen LogP contribution in [0.25, 0.3) is 11.3 Å². The summed E-state index contributed by atoms with van der Waals surface area (Å²) in [6, 6.07) is 9.00. The molecule has 0 aliphatic carbocycles. The molecule has 9 heteroatoms. The average molecular weight is 379 g/mol. The smallest absolute Gasteiger partial charge is 0.416 e. The van der Waals surface area contributed by atoms with Gasteiger partial charge in [0.05, 0.1) is 17.5 Å². The van der Waals surface area contributed by atoms with Crippen LogP contribution in [-0.2, 0) is 6.18 Å². The summed E-state index contributed by atoms with van der Waals surface area (Å²) in [5.41, 5.74) is 3.65. The highest BCUT2D eigenvalue weighted by Gasteiger charge is 2.30. The Morgan fingerprint density at radius 3 is 2.42 bits per heavy atom. The third kappa shape index (κ3) is 4.12. The van der Waals surface area contributed by atoms with Crippen molar-refractivity contribution in [3.05, 3.63) is 59.0 Å². The third-order valence-electron chi connectivity index (χ3n) is 3.39. The average Bonchev–Trinajstić information content (AvgIpc) is 3.06. The predicted molar refractivity (Wildman–Crippen MR) is 93.5 cm³/mol. The predicted octanol–water partition coefficient (Wildman–Crippen LogP) is 4.69. The quantitative estimate of drug-likeness (QED) is 0.349. The molecule has 0 unspecified atom stereocenters. The number of hydrogen-bond donors (Lipinski definition) is 3. The first-order valence-corrected chi connectivity index (χ1v) is 8.15. The lowest BCUT2D eigenvalue weighted by molar-refractivity contribution is -0.137. The Morgan fingerprint density at radius 2 is 1.77 bits per heavy atom. The molecule has 0 amide bonds. The number of aromatic hydroxyl groups is 2. The van der Waals surface area contributed by atoms with Gasteiger partial charge in [-0.05, 0) is 35.9 Å². The SMILES string of the molecule is Oc1ccc(C=NNc2nc(-c3ccc(C(F)(F)F)cc3)cs2)cc1O. The normalized spacial score (nSPS) is 11.8. The van der Waals surface area contributed by atoms with E-state index in [-0.39, 0.29) is 11.5 Å². The first-order chi connectivity index (χ1) is 12.3. The van der Waals surface area contributed by atoms with Gasteiger partial charge in [0.15, 0.2) is 11.5 Å². The Labute approximate surface area is 150 Å². The maximum absolute atomic E-state index is 12.6. The van der Waals surface area contributed by atoms with Crippen molar-refractivity contribution in [2.24, 2.45) is 5.10 Å². The van der Waals surface area contributed by atoms with Crippen LogP contribution in [0.5, 0.6) is 11.5 Å². The molecule has 0 fully saturated rings. The number of hydrogen-bond acceptors (Lipinski definition) is 6. The van der Waals surface area contributed by atoms with Crippen molar-refractivity contribution < 1.29 is 23.4 Å². The van der Waals surface area contributed by atoms with Gasteiger partial charge in [0.25, 0.3) is 0 Å². The second-order valence-corrected chi connectivity index (χ2v) is 6.09. The topological polar surface area (TPSA) is 77.7 Å². The number of alkyl halides is 3. The van der Waals surface area contributed by atoms with Gasteiger partial charge in [0, 0.05) is 10.9 Å². The minimum Gasteiger partial charge on any atom is -0.504 e. The van der Waals surface area contributed by atoms with E-state index in [0.717, 1.165) is 12.1 Å². The van der Waals surface area contributed by atoms with Crippen molar-refractivity contribution in [1.29, 1.82) is 0 Å². The van der Waals surface area contributed by atoms with E-state index in [4.69, 9.17) is 0 Å². The maximum Gasteiger partial charge on any atom is 0.416 e. The van der Waals surface area contributed by atoms with Crippen LogP contribution in [0.15, 0.2) is 52.9 Å². The molecule has 0 aliphatic rings. The minimum atomic E-state index is -4.37. The molecule has 3 N–H and O–H groups in total. The first kappa shape index (κ1) is 17.7. The highest BCUT2D eigenvalue weighted by atomic mass is 32.1. The van der Waals surface area contributed by atoms with Gasteiger partial charge in [-0.1, -0.05) is 12.1 Å². The fraction of sp³-hybridized carbons (Fsp3) is 0.0588. The van der Waals surface area contributed by atoms with Gasteiger partial charge in [-0.15, -0.1) is 11.3 Å². The standard InChI is InChI=1S/C17H12F3N3O2S/c18-17(19,20)12-4-2-11(3-5-12)13-9-26-16(22-13)23-21-8-10-1-6-14(24)15(25)7-10/h1-9,24-25H,(H,22,23). The largest absolute Gasteiger partial charge is 0.504 e. The van der Waals surface area contributed by atoms with Crippen LogP contribution < -0.4 is 5.43 Å². The van der Waals surface area contributed by atoms with Crippen LogP contribution in [0.4, 0.5) is 18.3 Å². The molecule has 3 rings (SSSR count). The van der Waals surface area contributed by atoms with Crippen LogP contribution in [0.3, 0.4) is 0 Å². The molecule has 0 spiro atoms. The Kier molecular flexibility index (Phi) is 4.81. The molecule has 134 valence electrons. The number of halogens is 3. The van der Waals surface area contributed by atoms with E-state index in [0.29, 0.717) is 22.0 Å². The van der Waals surface area contributed by atoms with E-state index in [1.54, 1.807) is 11.4 Å². The van der Waals surface area contributed by atoms with E-state index in [2.05, 4.69) is 15.5 Å². The van der Waals surface area contributed by atoms with Crippen molar-refractivity contribution in [1.82, 2.24) is 4.98 Å². The minimum absolute atomic E-state index is 0.226. The zero-order valence-corrected chi connectivity index (χ0v) is 13.8. The molecular formula is C17H12F3N3O2S. The summed E-state index contributed by atoms with van der Waals surface area (Å²) >= 11 is 1.25. The highest BCUT2D eigenvalue weighted by molar-refractivity contribution is 7.14. The lowest BCUT2D eigenvalue weighted by atomic mass is 10.1. The maximum atomic E-state index is 12.6. The van der Waals surface area contributed by atoms with Crippen molar-refractivity contribution in [2.75, 3.05) is 5.43 Å². The van der Waals surface area contributed by atoms with Crippen molar-refractivity contribution >= 4 is 22.7 Å². The van der Waals surface area contributed by atoms with Gasteiger partial charge in [0.2, 0.25) is 5.13 Å². The summed E-state index contributed by atoms with van der Waals surface area (Å²) in [4.78, 5) is 4.26. The number of thiazole rings is 1. The summed E-state index contributed by atoms with van der Waals surface area (Å²) in [5, 5.41) is 24.8. The van der Waals surface area contributed by atoms with Gasteiger partial charge < -0.3 is 10.2 Å². The second-order valence-electron chi connectivity index (χ2n) is 5.23. The second kappa shape index (κ2) is 7.04. The molecule has 0 radical (unpaired) electrons. The monoisotopic (exact) mass is 379 g/mol. The van der Waals surface area contributed by atoms with E-state index >= 15 is 0 Å². The van der Waals surface area contributed by atoms with E-state index < -0.39 is 11.7 Å². The molecule has 0 bridgehead atoms. The van der Waals surface area contributed by atoms with E-state index in [1.165, 1.54) is 41.8 Å². The van der Waals surface area contributed by atoms with Crippen molar-refractivity contribution in [3.63, 3.8) is 0 Å². The summed E-state index contributed by atoms with van der Waals surface area (Å²) in [7, 11) is 0. The van der Waals surface area contributed by atoms with Gasteiger partial charge in [-0.2, -0.15) is 18.3 Å². The molecule has 2 aromatic carbocycles. The lowest BCUT2D eigenvalue weighted by Gasteiger charge is -2.06. The molecule has 0 saturated heterocycles. The van der Waals surface area contributed by atoms with Gasteiger partial charge in [-0.25, -0.2) is 4.98 Å². The number of hydrazone groups is 1. The zero-order chi connectivity index (χ0) is 18.7. The Bertz CT molecular complexity index is 937. The molecule has 26 heavy (non-hydrogen) atoms. The number of benzene rings is 2. The van der Waals surface area contributed by atoms with Crippen LogP contribution >= 0.6 is 11.3 Å². The van der Waals surface area contributed by atoms with Crippen LogP contribution in [-0.4, -0.2) is 21.4 Å². The molecule has 1 aromatic heterocycles. The van der Waals surface area contributed by atoms with Crippen molar-refractivity contribution in [3.8, 4) is 22.8 Å². The number of rotatable bonds is 4. The molecular weight excluding hydrogens is 367 g/mol. The molecule has 0 saturated carbocycles. The Morgan fingerprint density at radius 1 is 1.04 bits per heavy atom. The highest BCUT2D eigenvalue weighted by Crippen LogP contribution is 2.31. The van der Waals surface area contributed by atoms with Gasteiger partial charge >= 0.3 is 6.18 Å². The number of aromatic nitrogens is 1. The van der Waals surface area contributed by atoms with E-state index in [1.807, 2.05) is 0 Å². The number of phenolic OH excluding ortho intramolecular Hbond substituents is 2. The summed E-state index contributed by atoms with van der Waals surface area (Å²) in [5.74, 6) is -0.482. The summed E-state index contributed by atoms with van der Waals surface area (Å²) in [6.07, 6.45) is -2.94. The summed E-state index contributed by atoms with van der Waals surface area (Å²) < 4.78 is 37.8. The molecule has 3 aromatic rings. The number of anilines is 1. The molecule has 5 nitrogen and oxygen atoms in total. The van der Waals surface area contributed by atoms with Crippen LogP contribution in [0.1, 0.15) is 11.1 Å². The molecule has 0 aliphatic heterocycles. The Balaban J connectivity index is 1.68. The van der Waals surface area contributed by atoms with E-state index in [9.17, 15) is 23.4 Å².